The normalized spacial score (nSPS) is 16.2. The Morgan fingerprint density at radius 2 is 1.40 bits per heavy atom. The number of hydrogen-bond donors (Lipinski definition) is 4. The number of hydroxylamine groups is 1. The molecule has 5 amide bonds. The number of anilines is 4. The summed E-state index contributed by atoms with van der Waals surface area (Å²) >= 11 is 0. The molecule has 5 aromatic carbocycles. The summed E-state index contributed by atoms with van der Waals surface area (Å²) in [5.41, 5.74) is 10.8. The van der Waals surface area contributed by atoms with Gasteiger partial charge in [-0.05, 0) is 122 Å². The van der Waals surface area contributed by atoms with Crippen LogP contribution >= 0.6 is 0 Å². The second-order valence-electron chi connectivity index (χ2n) is 23.6. The molecule has 4 heterocycles. The summed E-state index contributed by atoms with van der Waals surface area (Å²) in [6.07, 6.45) is 5.42. The number of aliphatic imine (C=N–C) groups is 1. The quantitative estimate of drug-likeness (QED) is 0.0218. The number of carbonyl (C=O) groups is 7. The predicted octanol–water partition coefficient (Wildman–Crippen LogP) is 10.8. The Bertz CT molecular complexity index is 3380. The van der Waals surface area contributed by atoms with E-state index in [9.17, 15) is 33.6 Å². The number of nitrogens with one attached hydrogen (secondary N) is 4. The monoisotopic (exact) mass is 1180 g/mol. The van der Waals surface area contributed by atoms with Gasteiger partial charge in [0.1, 0.15) is 24.7 Å². The van der Waals surface area contributed by atoms with Crippen molar-refractivity contribution in [3.8, 4) is 17.2 Å². The van der Waals surface area contributed by atoms with Crippen LogP contribution in [0.25, 0.3) is 0 Å². The fourth-order valence-electron chi connectivity index (χ4n) is 11.0. The standard InChI is InChI=1S/C65H77N7O12Si/c1-40-26-51-53(66-36-48-31-45-16-8-11-20-55(45)71(48)63(51)77)34-58(40)82-38-43-28-44(39-83-60-35-54-52(33-59(60)80-4)64(78)72-49(37-67-54)32-46-17-9-12-21-56(46)72)30-47(29-43)69-62(76)41(2)27-57(74)42(3)68-61(75)22-13-10-18-50(73)19-14-15-23-84-70-65(79)81-24-25-85(5,6)7/h8-9,11-12,16-17,20-21,26,28-30,33-35,37,41-42,48-49,66H,10,13-15,18-19,22-25,27,31-32,36,38-39H2,1-7H3,(H,68,75)(H,69,76)(H,70,79)/t41-,42+,48+,49+/m1/s1. The number of methoxy groups -OCH3 is 1. The minimum absolute atomic E-state index is 0.00663. The topological polar surface area (TPSA) is 233 Å². The molecule has 0 saturated heterocycles. The van der Waals surface area contributed by atoms with Gasteiger partial charge in [-0.25, -0.2) is 4.79 Å². The number of Topliss-reactive ketones (excluding diaryl/α,β-unsaturated/α-hetero) is 2. The molecule has 0 saturated carbocycles. The minimum Gasteiger partial charge on any atom is -0.493 e. The Morgan fingerprint density at radius 1 is 0.741 bits per heavy atom. The molecule has 20 heteroatoms. The Hall–Kier alpha value is -8.36. The van der Waals surface area contributed by atoms with Crippen LogP contribution in [0.5, 0.6) is 17.2 Å². The highest BCUT2D eigenvalue weighted by atomic mass is 28.3. The summed E-state index contributed by atoms with van der Waals surface area (Å²) in [7, 11) is 0.196. The van der Waals surface area contributed by atoms with Gasteiger partial charge >= 0.3 is 6.09 Å². The number of amides is 5. The molecule has 19 nitrogen and oxygen atoms in total. The molecule has 0 bridgehead atoms. The van der Waals surface area contributed by atoms with Gasteiger partial charge in [-0.15, -0.1) is 0 Å². The molecule has 0 unspecified atom stereocenters. The van der Waals surface area contributed by atoms with Gasteiger partial charge in [-0.1, -0.05) is 63.0 Å². The van der Waals surface area contributed by atoms with Crippen LogP contribution in [0.4, 0.5) is 33.2 Å². The van der Waals surface area contributed by atoms with E-state index in [1.165, 1.54) is 7.11 Å². The van der Waals surface area contributed by atoms with E-state index in [0.717, 1.165) is 40.5 Å². The van der Waals surface area contributed by atoms with Crippen LogP contribution in [0.2, 0.25) is 25.7 Å². The van der Waals surface area contributed by atoms with Crippen molar-refractivity contribution in [2.24, 2.45) is 10.9 Å². The third-order valence-electron chi connectivity index (χ3n) is 15.7. The first-order valence-electron chi connectivity index (χ1n) is 29.4. The second-order valence-corrected chi connectivity index (χ2v) is 29.3. The van der Waals surface area contributed by atoms with E-state index >= 15 is 0 Å². The number of carbonyl (C=O) groups excluding carboxylic acids is 7. The zero-order chi connectivity index (χ0) is 60.4. The van der Waals surface area contributed by atoms with E-state index in [2.05, 4.69) is 47.1 Å². The molecule has 4 aliphatic rings. The summed E-state index contributed by atoms with van der Waals surface area (Å²) in [6.45, 7) is 13.0. The molecule has 4 N–H and O–H groups in total. The molecule has 0 fully saturated rings. The molecule has 4 aliphatic heterocycles. The first kappa shape index (κ1) is 61.2. The third kappa shape index (κ3) is 15.5. The largest absolute Gasteiger partial charge is 0.493 e. The number of ketones is 2. The molecule has 0 radical (unpaired) electrons. The lowest BCUT2D eigenvalue weighted by atomic mass is 9.99. The molecule has 0 aromatic heterocycles. The van der Waals surface area contributed by atoms with Crippen LogP contribution < -0.4 is 45.4 Å². The van der Waals surface area contributed by atoms with Crippen molar-refractivity contribution in [2.75, 3.05) is 47.3 Å². The van der Waals surface area contributed by atoms with Crippen molar-refractivity contribution < 1.29 is 57.3 Å². The van der Waals surface area contributed by atoms with Crippen LogP contribution in [-0.4, -0.2) is 101 Å². The lowest BCUT2D eigenvalue weighted by Crippen LogP contribution is -2.39. The maximum Gasteiger partial charge on any atom is 0.431 e. The van der Waals surface area contributed by atoms with Gasteiger partial charge in [0.2, 0.25) is 11.8 Å². The maximum absolute atomic E-state index is 14.1. The summed E-state index contributed by atoms with van der Waals surface area (Å²) in [5.74, 6) is -0.773. The van der Waals surface area contributed by atoms with E-state index in [1.54, 1.807) is 49.2 Å². The van der Waals surface area contributed by atoms with Crippen LogP contribution in [0, 0.1) is 12.8 Å². The van der Waals surface area contributed by atoms with Crippen molar-refractivity contribution in [1.82, 2.24) is 10.8 Å². The number of aryl methyl sites for hydroxylation is 1. The summed E-state index contributed by atoms with van der Waals surface area (Å²) < 4.78 is 23.9. The molecule has 9 rings (SSSR count). The first-order valence-corrected chi connectivity index (χ1v) is 33.1. The van der Waals surface area contributed by atoms with E-state index in [-0.39, 0.29) is 74.0 Å². The van der Waals surface area contributed by atoms with Gasteiger partial charge in [0.05, 0.1) is 61.0 Å². The molecule has 448 valence electrons. The van der Waals surface area contributed by atoms with Crippen LogP contribution in [-0.2, 0) is 54.8 Å². The number of unbranched alkanes of at least 4 members (excludes halogenated alkanes) is 2. The number of nitrogens with zero attached hydrogens (tertiary/aromatic N) is 3. The molecule has 0 spiro atoms. The number of hydrogen-bond acceptors (Lipinski definition) is 14. The number of rotatable bonds is 27. The average Bonchev–Trinajstić information content (AvgIpc) is 2.12. The van der Waals surface area contributed by atoms with Gasteiger partial charge in [-0.2, -0.15) is 5.48 Å². The fraction of sp³-hybridized carbons (Fsp3) is 0.415. The zero-order valence-electron chi connectivity index (χ0n) is 49.6. The molecular formula is C65H77N7O12Si. The van der Waals surface area contributed by atoms with Crippen LogP contribution in [0.1, 0.15) is 114 Å². The predicted molar refractivity (Wildman–Crippen MR) is 328 cm³/mol. The van der Waals surface area contributed by atoms with Crippen molar-refractivity contribution in [3.05, 3.63) is 130 Å². The van der Waals surface area contributed by atoms with Gasteiger partial charge in [0.25, 0.3) is 11.8 Å². The number of benzene rings is 5. The molecule has 85 heavy (non-hydrogen) atoms. The summed E-state index contributed by atoms with van der Waals surface area (Å²) in [5, 5.41) is 9.25. The van der Waals surface area contributed by atoms with E-state index in [1.807, 2.05) is 72.5 Å². The van der Waals surface area contributed by atoms with Crippen LogP contribution in [0.15, 0.2) is 96.0 Å². The van der Waals surface area contributed by atoms with E-state index in [0.29, 0.717) is 115 Å². The van der Waals surface area contributed by atoms with Gasteiger partial charge in [-0.3, -0.25) is 43.5 Å². The lowest BCUT2D eigenvalue weighted by Gasteiger charge is -2.22. The van der Waals surface area contributed by atoms with Crippen LogP contribution in [0.3, 0.4) is 0 Å². The first-order chi connectivity index (χ1) is 40.8. The maximum atomic E-state index is 14.1. The highest BCUT2D eigenvalue weighted by Gasteiger charge is 2.39. The minimum atomic E-state index is -1.31. The Balaban J connectivity index is 0.804. The Labute approximate surface area is 497 Å². The fourth-order valence-corrected chi connectivity index (χ4v) is 11.7. The van der Waals surface area contributed by atoms with Crippen molar-refractivity contribution >= 4 is 84.0 Å². The number of fused-ring (bicyclic) bond motifs is 8. The number of para-hydroxylation sites is 2. The third-order valence-corrected chi connectivity index (χ3v) is 17.4. The zero-order valence-corrected chi connectivity index (χ0v) is 50.6. The summed E-state index contributed by atoms with van der Waals surface area (Å²) in [6, 6.07) is 28.1. The van der Waals surface area contributed by atoms with E-state index < -0.39 is 32.0 Å². The highest BCUT2D eigenvalue weighted by Crippen LogP contribution is 2.42. The number of ether oxygens (including phenoxy) is 4. The molecule has 0 aliphatic carbocycles. The summed E-state index contributed by atoms with van der Waals surface area (Å²) in [4.78, 5) is 106. The van der Waals surface area contributed by atoms with Gasteiger partial charge < -0.3 is 39.8 Å². The Kier molecular flexibility index (Phi) is 19.8. The smallest absolute Gasteiger partial charge is 0.431 e. The van der Waals surface area contributed by atoms with Crippen molar-refractivity contribution in [2.45, 2.75) is 142 Å². The Morgan fingerprint density at radius 3 is 2.12 bits per heavy atom. The van der Waals surface area contributed by atoms with E-state index in [4.69, 9.17) is 28.8 Å². The van der Waals surface area contributed by atoms with Gasteiger partial charge in [0, 0.05) is 88.1 Å². The molecule has 5 aromatic rings. The lowest BCUT2D eigenvalue weighted by molar-refractivity contribution is -0.129. The molecule has 4 atom stereocenters. The van der Waals surface area contributed by atoms with Crippen molar-refractivity contribution in [3.63, 3.8) is 0 Å². The van der Waals surface area contributed by atoms with Crippen molar-refractivity contribution in [1.29, 1.82) is 0 Å². The highest BCUT2D eigenvalue weighted by molar-refractivity contribution is 6.76. The second kappa shape index (κ2) is 27.6. The average molecular weight is 1180 g/mol. The van der Waals surface area contributed by atoms with Gasteiger partial charge in [0.15, 0.2) is 17.3 Å². The molecular weight excluding hydrogens is 1100 g/mol. The SMILES string of the molecule is COc1cc2c(cc1OCc1cc(COc3cc4c(cc3C)C(=O)N3c5ccccc5C[C@H]3CN4)cc(NC(=O)[C@H](C)CC(=O)[C@H](C)NC(=O)CCCCC(=O)CCCCONC(=O)OCC[Si](C)(C)C)c1)N=C[C@@H]1Cc3ccccc3N1C2=O.